The third-order valence-corrected chi connectivity index (χ3v) is 6.05. The van der Waals surface area contributed by atoms with E-state index in [0.29, 0.717) is 10.9 Å². The van der Waals surface area contributed by atoms with Crippen LogP contribution in [0.5, 0.6) is 0 Å². The van der Waals surface area contributed by atoms with Gasteiger partial charge >= 0.3 is 6.09 Å². The van der Waals surface area contributed by atoms with Crippen LogP contribution in [-0.2, 0) is 22.6 Å². The number of amides is 2. The van der Waals surface area contributed by atoms with Crippen LogP contribution in [0.1, 0.15) is 22.3 Å². The number of Topliss-reactive ketones (excluding diaryl/α,β-unsaturated/α-hetero) is 1. The lowest BCUT2D eigenvalue weighted by atomic mass is 10.1. The molecule has 2 amide bonds. The van der Waals surface area contributed by atoms with Gasteiger partial charge in [0.05, 0.1) is 11.6 Å². The van der Waals surface area contributed by atoms with Crippen molar-refractivity contribution in [2.75, 3.05) is 13.2 Å². The Balaban J connectivity index is 1.44. The SMILES string of the molecule is O=C(NCc1cccc(Cl)c1F)O[C@H]1C[C@@H](F)CN1C(=O)Cn1cc(C(=O)CO)c2ccccc21. The van der Waals surface area contributed by atoms with Crippen LogP contribution < -0.4 is 5.32 Å². The minimum Gasteiger partial charge on any atom is -0.425 e. The fourth-order valence-electron chi connectivity index (χ4n) is 4.06. The Hall–Kier alpha value is -3.50. The third-order valence-electron chi connectivity index (χ3n) is 5.76. The van der Waals surface area contributed by atoms with Crippen LogP contribution in [-0.4, -0.2) is 57.9 Å². The number of hydrogen-bond donors (Lipinski definition) is 2. The van der Waals surface area contributed by atoms with Gasteiger partial charge in [0.1, 0.15) is 25.1 Å². The number of carbonyl (C=O) groups excluding carboxylic acids is 3. The lowest BCUT2D eigenvalue weighted by Crippen LogP contribution is -2.42. The van der Waals surface area contributed by atoms with Gasteiger partial charge in [-0.1, -0.05) is 41.9 Å². The van der Waals surface area contributed by atoms with Crippen molar-refractivity contribution in [2.45, 2.75) is 31.9 Å². The highest BCUT2D eigenvalue weighted by Crippen LogP contribution is 2.25. The highest BCUT2D eigenvalue weighted by Gasteiger charge is 2.38. The molecule has 3 aromatic rings. The van der Waals surface area contributed by atoms with Crippen LogP contribution in [0.25, 0.3) is 10.9 Å². The number of nitrogens with one attached hydrogen (secondary N) is 1. The van der Waals surface area contributed by atoms with E-state index in [-0.39, 0.29) is 42.2 Å². The van der Waals surface area contributed by atoms with Crippen molar-refractivity contribution < 1.29 is 33.0 Å². The van der Waals surface area contributed by atoms with E-state index < -0.39 is 42.6 Å². The minimum atomic E-state index is -1.39. The highest BCUT2D eigenvalue weighted by atomic mass is 35.5. The first-order valence-corrected chi connectivity index (χ1v) is 11.2. The minimum absolute atomic E-state index is 0.0908. The number of fused-ring (bicyclic) bond motifs is 1. The molecule has 11 heteroatoms. The Bertz CT molecular complexity index is 1280. The molecule has 1 saturated heterocycles. The summed E-state index contributed by atoms with van der Waals surface area (Å²) in [6, 6.07) is 11.2. The molecule has 35 heavy (non-hydrogen) atoms. The Labute approximate surface area is 204 Å². The summed E-state index contributed by atoms with van der Waals surface area (Å²) in [5.41, 5.74) is 0.999. The molecule has 0 spiro atoms. The zero-order valence-electron chi connectivity index (χ0n) is 18.4. The monoisotopic (exact) mass is 505 g/mol. The summed E-state index contributed by atoms with van der Waals surface area (Å²) in [7, 11) is 0. The predicted octanol–water partition coefficient (Wildman–Crippen LogP) is 3.43. The molecule has 0 unspecified atom stereocenters. The predicted molar refractivity (Wildman–Crippen MR) is 123 cm³/mol. The first kappa shape index (κ1) is 24.6. The van der Waals surface area contributed by atoms with Crippen molar-refractivity contribution in [2.24, 2.45) is 0 Å². The van der Waals surface area contributed by atoms with Crippen molar-refractivity contribution >= 4 is 40.3 Å². The molecule has 2 atom stereocenters. The summed E-state index contributed by atoms with van der Waals surface area (Å²) < 4.78 is 35.0. The van der Waals surface area contributed by atoms with Crippen molar-refractivity contribution in [1.29, 1.82) is 0 Å². The van der Waals surface area contributed by atoms with E-state index in [1.54, 1.807) is 24.3 Å². The maximum atomic E-state index is 14.2. The normalized spacial score (nSPS) is 17.5. The molecule has 184 valence electrons. The zero-order chi connectivity index (χ0) is 25.1. The van der Waals surface area contributed by atoms with Gasteiger partial charge in [-0.2, -0.15) is 0 Å². The number of ether oxygens (including phenoxy) is 1. The largest absolute Gasteiger partial charge is 0.425 e. The van der Waals surface area contributed by atoms with Gasteiger partial charge in [0.2, 0.25) is 5.91 Å². The number of carbonyl (C=O) groups is 3. The number of aliphatic hydroxyl groups excluding tert-OH is 1. The zero-order valence-corrected chi connectivity index (χ0v) is 19.2. The number of nitrogens with zero attached hydrogens (tertiary/aromatic N) is 2. The van der Waals surface area contributed by atoms with E-state index in [2.05, 4.69) is 5.32 Å². The maximum Gasteiger partial charge on any atom is 0.409 e. The molecule has 0 radical (unpaired) electrons. The van der Waals surface area contributed by atoms with Crippen molar-refractivity contribution in [3.63, 3.8) is 0 Å². The van der Waals surface area contributed by atoms with Crippen LogP contribution in [0.2, 0.25) is 5.02 Å². The van der Waals surface area contributed by atoms with E-state index in [9.17, 15) is 28.3 Å². The van der Waals surface area contributed by atoms with Gasteiger partial charge in [-0.3, -0.25) is 9.59 Å². The number of ketones is 1. The second-order valence-electron chi connectivity index (χ2n) is 8.07. The number of aliphatic hydroxyl groups is 1. The van der Waals surface area contributed by atoms with E-state index in [1.807, 2.05) is 0 Å². The fourth-order valence-corrected chi connectivity index (χ4v) is 4.26. The number of halogens is 3. The molecular weight excluding hydrogens is 484 g/mol. The molecule has 1 fully saturated rings. The van der Waals surface area contributed by atoms with Crippen LogP contribution in [0, 0.1) is 5.82 Å². The van der Waals surface area contributed by atoms with Crippen molar-refractivity contribution in [3.8, 4) is 0 Å². The number of alkyl carbamates (subject to hydrolysis) is 1. The lowest BCUT2D eigenvalue weighted by Gasteiger charge is -2.24. The van der Waals surface area contributed by atoms with E-state index in [4.69, 9.17) is 16.3 Å². The fraction of sp³-hybridized carbons (Fsp3) is 0.292. The Morgan fingerprint density at radius 1 is 1.17 bits per heavy atom. The van der Waals surface area contributed by atoms with Crippen LogP contribution in [0.3, 0.4) is 0 Å². The lowest BCUT2D eigenvalue weighted by molar-refractivity contribution is -0.138. The van der Waals surface area contributed by atoms with Crippen LogP contribution in [0.15, 0.2) is 48.7 Å². The number of aromatic nitrogens is 1. The molecule has 4 rings (SSSR count). The Kier molecular flexibility index (Phi) is 7.32. The molecule has 0 saturated carbocycles. The van der Waals surface area contributed by atoms with Crippen molar-refractivity contribution in [3.05, 3.63) is 70.6 Å². The van der Waals surface area contributed by atoms with Gasteiger partial charge in [-0.15, -0.1) is 0 Å². The molecular formula is C24H22ClF2N3O5. The van der Waals surface area contributed by atoms with Gasteiger partial charge < -0.3 is 24.6 Å². The van der Waals surface area contributed by atoms with Gasteiger partial charge in [0.25, 0.3) is 0 Å². The molecule has 2 aromatic carbocycles. The third kappa shape index (κ3) is 5.28. The first-order valence-electron chi connectivity index (χ1n) is 10.8. The topological polar surface area (TPSA) is 101 Å². The van der Waals surface area contributed by atoms with E-state index >= 15 is 0 Å². The molecule has 0 bridgehead atoms. The maximum absolute atomic E-state index is 14.2. The summed E-state index contributed by atoms with van der Waals surface area (Å²) in [5, 5.41) is 12.1. The molecule has 2 heterocycles. The standard InChI is InChI=1S/C24H22ClF2N3O5/c25-18-6-3-4-14(23(18)27)9-28-24(34)35-22-8-15(26)10-30(22)21(33)12-29-11-17(20(32)13-31)16-5-1-2-7-19(16)29/h1-7,11,15,22,31H,8-10,12-13H2,(H,28,34)/t15-,22+/m1/s1. The molecule has 8 nitrogen and oxygen atoms in total. The van der Waals surface area contributed by atoms with Crippen LogP contribution in [0.4, 0.5) is 13.6 Å². The van der Waals surface area contributed by atoms with Gasteiger partial charge in [-0.25, -0.2) is 13.6 Å². The average Bonchev–Trinajstić information content (AvgIpc) is 3.39. The highest BCUT2D eigenvalue weighted by molar-refractivity contribution is 6.30. The molecule has 1 aliphatic heterocycles. The number of likely N-dealkylation sites (tertiary alicyclic amines) is 1. The number of para-hydroxylation sites is 1. The van der Waals surface area contributed by atoms with Crippen LogP contribution >= 0.6 is 11.6 Å². The molecule has 2 N–H and O–H groups in total. The summed E-state index contributed by atoms with van der Waals surface area (Å²) in [4.78, 5) is 38.5. The first-order chi connectivity index (χ1) is 16.8. The van der Waals surface area contributed by atoms with E-state index in [0.717, 1.165) is 4.90 Å². The van der Waals surface area contributed by atoms with Gasteiger partial charge in [0.15, 0.2) is 12.0 Å². The second kappa shape index (κ2) is 10.4. The summed E-state index contributed by atoms with van der Waals surface area (Å²) in [6.45, 7) is -1.38. The Morgan fingerprint density at radius 2 is 1.94 bits per heavy atom. The average molecular weight is 506 g/mol. The van der Waals surface area contributed by atoms with E-state index in [1.165, 1.54) is 29.0 Å². The second-order valence-corrected chi connectivity index (χ2v) is 8.48. The van der Waals surface area contributed by atoms with Gasteiger partial charge in [0, 0.05) is 41.2 Å². The number of benzene rings is 2. The molecule has 0 aliphatic carbocycles. The Morgan fingerprint density at radius 3 is 2.71 bits per heavy atom. The summed E-state index contributed by atoms with van der Waals surface area (Å²) >= 11 is 5.73. The summed E-state index contributed by atoms with van der Waals surface area (Å²) in [6.07, 6.45) is -2.22. The van der Waals surface area contributed by atoms with Crippen molar-refractivity contribution in [1.82, 2.24) is 14.8 Å². The quantitative estimate of drug-likeness (QED) is 0.479. The molecule has 1 aromatic heterocycles. The molecule has 1 aliphatic rings. The number of rotatable bonds is 7. The number of hydrogen-bond acceptors (Lipinski definition) is 5. The number of alkyl halides is 1. The van der Waals surface area contributed by atoms with Gasteiger partial charge in [-0.05, 0) is 12.1 Å². The summed E-state index contributed by atoms with van der Waals surface area (Å²) in [5.74, 6) is -1.69. The smallest absolute Gasteiger partial charge is 0.409 e.